The zero-order valence-corrected chi connectivity index (χ0v) is 11.4. The van der Waals surface area contributed by atoms with E-state index in [-0.39, 0.29) is 6.04 Å². The van der Waals surface area contributed by atoms with Crippen molar-refractivity contribution in [2.75, 3.05) is 0 Å². The molecular formula is C15H14Cl2N. The minimum atomic E-state index is -0.0529. The van der Waals surface area contributed by atoms with Crippen LogP contribution in [0, 0.1) is 6.92 Å². The van der Waals surface area contributed by atoms with Gasteiger partial charge in [0.1, 0.15) is 0 Å². The minimum Gasteiger partial charge on any atom is -0.324 e. The molecular weight excluding hydrogens is 265 g/mol. The topological polar surface area (TPSA) is 26.0 Å². The van der Waals surface area contributed by atoms with Crippen molar-refractivity contribution in [1.82, 2.24) is 0 Å². The normalized spacial score (nSPS) is 12.4. The average molecular weight is 279 g/mol. The van der Waals surface area contributed by atoms with Gasteiger partial charge in [-0.2, -0.15) is 0 Å². The van der Waals surface area contributed by atoms with Gasteiger partial charge in [-0.3, -0.25) is 0 Å². The van der Waals surface area contributed by atoms with Crippen LogP contribution in [0.15, 0.2) is 42.5 Å². The smallest absolute Gasteiger partial charge is 0.0670 e. The predicted octanol–water partition coefficient (Wildman–Crippen LogP) is 4.88. The summed E-state index contributed by atoms with van der Waals surface area (Å²) in [6.45, 7) is 3.82. The highest BCUT2D eigenvalue weighted by Gasteiger charge is 2.09. The van der Waals surface area contributed by atoms with Gasteiger partial charge in [-0.05, 0) is 29.7 Å². The summed E-state index contributed by atoms with van der Waals surface area (Å²) in [4.78, 5) is 0. The van der Waals surface area contributed by atoms with Crippen molar-refractivity contribution in [3.63, 3.8) is 0 Å². The molecule has 0 amide bonds. The standard InChI is InChI=1S/C15H14Cl2N/c1-2-14(18)11-6-3-5-10(9-11)12-7-4-8-13(16)15(12)17/h3-9,14H,1-2,18H2. The van der Waals surface area contributed by atoms with Gasteiger partial charge in [-0.25, -0.2) is 0 Å². The van der Waals surface area contributed by atoms with Crippen molar-refractivity contribution < 1.29 is 0 Å². The van der Waals surface area contributed by atoms with E-state index in [0.717, 1.165) is 16.7 Å². The number of rotatable bonds is 3. The number of nitrogens with two attached hydrogens (primary N) is 1. The molecule has 3 heteroatoms. The van der Waals surface area contributed by atoms with E-state index in [4.69, 9.17) is 28.9 Å². The summed E-state index contributed by atoms with van der Waals surface area (Å²) in [6, 6.07) is 13.6. The second-order valence-corrected chi connectivity index (χ2v) is 4.91. The quantitative estimate of drug-likeness (QED) is 0.851. The van der Waals surface area contributed by atoms with Crippen LogP contribution in [0.4, 0.5) is 0 Å². The molecule has 0 aliphatic carbocycles. The molecule has 2 N–H and O–H groups in total. The molecule has 1 radical (unpaired) electrons. The van der Waals surface area contributed by atoms with Gasteiger partial charge in [0, 0.05) is 11.6 Å². The summed E-state index contributed by atoms with van der Waals surface area (Å²) in [5.74, 6) is 0. The first kappa shape index (κ1) is 13.4. The maximum absolute atomic E-state index is 6.22. The number of hydrogen-bond acceptors (Lipinski definition) is 1. The summed E-state index contributed by atoms with van der Waals surface area (Å²) in [6.07, 6.45) is 0.659. The zero-order chi connectivity index (χ0) is 13.1. The fraction of sp³-hybridized carbons (Fsp3) is 0.133. The van der Waals surface area contributed by atoms with E-state index in [2.05, 4.69) is 6.92 Å². The van der Waals surface area contributed by atoms with Crippen LogP contribution in [-0.4, -0.2) is 0 Å². The third-order valence-electron chi connectivity index (χ3n) is 2.89. The van der Waals surface area contributed by atoms with Gasteiger partial charge in [0.05, 0.1) is 10.0 Å². The van der Waals surface area contributed by atoms with Crippen LogP contribution in [0.1, 0.15) is 18.0 Å². The lowest BCUT2D eigenvalue weighted by Gasteiger charge is -2.12. The molecule has 2 rings (SSSR count). The van der Waals surface area contributed by atoms with E-state index >= 15 is 0 Å². The summed E-state index contributed by atoms with van der Waals surface area (Å²) in [5.41, 5.74) is 8.98. The Morgan fingerprint density at radius 2 is 1.83 bits per heavy atom. The molecule has 0 bridgehead atoms. The fourth-order valence-corrected chi connectivity index (χ4v) is 2.24. The van der Waals surface area contributed by atoms with Crippen LogP contribution < -0.4 is 5.73 Å². The molecule has 0 aliphatic heterocycles. The van der Waals surface area contributed by atoms with Crippen LogP contribution in [0.5, 0.6) is 0 Å². The second-order valence-electron chi connectivity index (χ2n) is 4.12. The van der Waals surface area contributed by atoms with Crippen LogP contribution in [-0.2, 0) is 0 Å². The first-order valence-electron chi connectivity index (χ1n) is 5.72. The van der Waals surface area contributed by atoms with E-state index in [1.54, 1.807) is 6.07 Å². The molecule has 2 aromatic carbocycles. The maximum atomic E-state index is 6.22. The van der Waals surface area contributed by atoms with Gasteiger partial charge >= 0.3 is 0 Å². The van der Waals surface area contributed by atoms with E-state index in [0.29, 0.717) is 16.5 Å². The Morgan fingerprint density at radius 3 is 2.56 bits per heavy atom. The summed E-state index contributed by atoms with van der Waals surface area (Å²) < 4.78 is 0. The highest BCUT2D eigenvalue weighted by Crippen LogP contribution is 2.34. The minimum absolute atomic E-state index is 0.0529. The Bertz CT molecular complexity index is 552. The van der Waals surface area contributed by atoms with Gasteiger partial charge in [0.25, 0.3) is 0 Å². The Morgan fingerprint density at radius 1 is 1.11 bits per heavy atom. The SMILES string of the molecule is [CH2]CC(N)c1cccc(-c2cccc(Cl)c2Cl)c1. The monoisotopic (exact) mass is 278 g/mol. The zero-order valence-electron chi connectivity index (χ0n) is 9.87. The fourth-order valence-electron chi connectivity index (χ4n) is 1.83. The van der Waals surface area contributed by atoms with E-state index in [1.807, 2.05) is 36.4 Å². The summed E-state index contributed by atoms with van der Waals surface area (Å²) in [7, 11) is 0. The maximum Gasteiger partial charge on any atom is 0.0670 e. The molecule has 1 nitrogen and oxygen atoms in total. The molecule has 1 unspecified atom stereocenters. The number of hydrogen-bond donors (Lipinski definition) is 1. The van der Waals surface area contributed by atoms with Crippen molar-refractivity contribution in [3.8, 4) is 11.1 Å². The molecule has 0 saturated heterocycles. The van der Waals surface area contributed by atoms with Gasteiger partial charge in [0.2, 0.25) is 0 Å². The second kappa shape index (κ2) is 5.75. The third-order valence-corrected chi connectivity index (χ3v) is 3.71. The van der Waals surface area contributed by atoms with Crippen LogP contribution in [0.3, 0.4) is 0 Å². The number of benzene rings is 2. The molecule has 1 atom stereocenters. The lowest BCUT2D eigenvalue weighted by atomic mass is 9.99. The number of halogens is 2. The van der Waals surface area contributed by atoms with Crippen molar-refractivity contribution in [3.05, 3.63) is 65.0 Å². The third kappa shape index (κ3) is 2.69. The molecule has 0 aliphatic rings. The van der Waals surface area contributed by atoms with Crippen molar-refractivity contribution in [2.24, 2.45) is 5.73 Å². The molecule has 0 spiro atoms. The Labute approximate surface area is 118 Å². The Balaban J connectivity index is 2.48. The average Bonchev–Trinajstić information content (AvgIpc) is 2.41. The molecule has 93 valence electrons. The van der Waals surface area contributed by atoms with Crippen molar-refractivity contribution in [2.45, 2.75) is 12.5 Å². The van der Waals surface area contributed by atoms with E-state index in [9.17, 15) is 0 Å². The lowest BCUT2D eigenvalue weighted by molar-refractivity contribution is 0.739. The van der Waals surface area contributed by atoms with Gasteiger partial charge in [0.15, 0.2) is 0 Å². The predicted molar refractivity (Wildman–Crippen MR) is 78.8 cm³/mol. The van der Waals surface area contributed by atoms with Crippen molar-refractivity contribution >= 4 is 23.2 Å². The largest absolute Gasteiger partial charge is 0.324 e. The van der Waals surface area contributed by atoms with Crippen LogP contribution >= 0.6 is 23.2 Å². The first-order valence-corrected chi connectivity index (χ1v) is 6.48. The molecule has 0 fully saturated rings. The molecule has 0 heterocycles. The van der Waals surface area contributed by atoms with Gasteiger partial charge in [-0.1, -0.05) is 60.5 Å². The molecule has 0 aromatic heterocycles. The lowest BCUT2D eigenvalue weighted by Crippen LogP contribution is -2.08. The molecule has 18 heavy (non-hydrogen) atoms. The molecule has 0 saturated carbocycles. The van der Waals surface area contributed by atoms with Gasteiger partial charge in [-0.15, -0.1) is 0 Å². The van der Waals surface area contributed by atoms with E-state index in [1.165, 1.54) is 0 Å². The summed E-state index contributed by atoms with van der Waals surface area (Å²) in [5, 5.41) is 1.13. The van der Waals surface area contributed by atoms with Crippen molar-refractivity contribution in [1.29, 1.82) is 0 Å². The van der Waals surface area contributed by atoms with Crippen LogP contribution in [0.25, 0.3) is 11.1 Å². The highest BCUT2D eigenvalue weighted by molar-refractivity contribution is 6.43. The Kier molecular flexibility index (Phi) is 4.28. The molecule has 2 aromatic rings. The van der Waals surface area contributed by atoms with E-state index < -0.39 is 0 Å². The highest BCUT2D eigenvalue weighted by atomic mass is 35.5. The Hall–Kier alpha value is -1.02. The van der Waals surface area contributed by atoms with Crippen LogP contribution in [0.2, 0.25) is 10.0 Å². The first-order chi connectivity index (χ1) is 8.63. The summed E-state index contributed by atoms with van der Waals surface area (Å²) >= 11 is 12.2. The van der Waals surface area contributed by atoms with Gasteiger partial charge < -0.3 is 5.73 Å².